The molecule has 8 rings (SSSR count). The highest BCUT2D eigenvalue weighted by Crippen LogP contribution is 2.43. The number of aromatic nitrogens is 1. The third kappa shape index (κ3) is 5.55. The summed E-state index contributed by atoms with van der Waals surface area (Å²) in [7, 11) is 0. The molecule has 0 aliphatic carbocycles. The van der Waals surface area contributed by atoms with Crippen LogP contribution in [0.4, 0.5) is 11.4 Å². The minimum Gasteiger partial charge on any atom is -0.307 e. The normalized spacial score (nSPS) is 13.8. The Balaban J connectivity index is 1.39. The van der Waals surface area contributed by atoms with E-state index in [1.165, 1.54) is 32.9 Å². The van der Waals surface area contributed by atoms with Crippen LogP contribution >= 0.6 is 0 Å². The van der Waals surface area contributed by atoms with Crippen LogP contribution in [0.1, 0.15) is 58.2 Å². The lowest BCUT2D eigenvalue weighted by Gasteiger charge is -2.30. The Morgan fingerprint density at radius 2 is 1.04 bits per heavy atom. The van der Waals surface area contributed by atoms with Crippen molar-refractivity contribution in [2.24, 2.45) is 5.10 Å². The van der Waals surface area contributed by atoms with Crippen molar-refractivity contribution < 1.29 is 0 Å². The second kappa shape index (κ2) is 12.1. The van der Waals surface area contributed by atoms with Gasteiger partial charge in [-0.3, -0.25) is 0 Å². The van der Waals surface area contributed by atoms with Crippen molar-refractivity contribution in [3.63, 3.8) is 0 Å². The molecule has 4 heteroatoms. The summed E-state index contributed by atoms with van der Waals surface area (Å²) in [5.41, 5.74) is 11.7. The number of hydrogen-bond donors (Lipinski definition) is 0. The molecule has 0 fully saturated rings. The van der Waals surface area contributed by atoms with Crippen LogP contribution in [0.25, 0.3) is 38.6 Å². The van der Waals surface area contributed by atoms with Gasteiger partial charge in [0.05, 0.1) is 22.4 Å². The lowest BCUT2D eigenvalue weighted by molar-refractivity contribution is 0.568. The highest BCUT2D eigenvalue weighted by molar-refractivity contribution is 6.13. The maximum Gasteiger partial charge on any atom is 0.162 e. The van der Waals surface area contributed by atoms with E-state index in [9.17, 15) is 0 Å². The number of hydrazone groups is 1. The predicted molar refractivity (Wildman–Crippen MR) is 213 cm³/mol. The Bertz CT molecular complexity index is 2280. The van der Waals surface area contributed by atoms with Crippen LogP contribution in [0.5, 0.6) is 0 Å². The van der Waals surface area contributed by atoms with E-state index in [4.69, 9.17) is 5.10 Å². The minimum absolute atomic E-state index is 0.0108. The standard InChI is InChI=1S/C46H44N4/c1-45(2,3)34-28-35(46(4,5)6)30-36(29-34)48-31-49(47-44(48)33-20-11-8-12-21-33)43-37(32-18-9-7-10-19-32)24-17-27-42(43)50-40-25-15-13-22-38(40)39-23-14-16-26-41(39)50/h7-30H,31H2,1-6H3. The largest absolute Gasteiger partial charge is 0.307 e. The number of nitrogens with zero attached hydrogens (tertiary/aromatic N) is 4. The minimum atomic E-state index is -0.0108. The molecule has 0 saturated carbocycles. The van der Waals surface area contributed by atoms with Gasteiger partial charge in [-0.1, -0.05) is 157 Å². The number of anilines is 2. The second-order valence-corrected chi connectivity index (χ2v) is 15.4. The fourth-order valence-corrected chi connectivity index (χ4v) is 7.18. The van der Waals surface area contributed by atoms with E-state index in [-0.39, 0.29) is 10.8 Å². The first kappa shape index (κ1) is 31.6. The molecule has 0 bridgehead atoms. The maximum absolute atomic E-state index is 5.55. The van der Waals surface area contributed by atoms with Gasteiger partial charge in [0.15, 0.2) is 5.84 Å². The SMILES string of the molecule is CC(C)(C)c1cc(N2CN(c3c(-c4ccccc4)cccc3-n3c4ccccc4c4ccccc43)N=C2c2ccccc2)cc(C(C)(C)C)c1. The number of benzene rings is 6. The van der Waals surface area contributed by atoms with Crippen molar-refractivity contribution >= 4 is 39.0 Å². The van der Waals surface area contributed by atoms with Crippen LogP contribution < -0.4 is 9.91 Å². The maximum atomic E-state index is 5.55. The van der Waals surface area contributed by atoms with E-state index in [0.29, 0.717) is 6.67 Å². The van der Waals surface area contributed by atoms with Crippen molar-refractivity contribution in [1.29, 1.82) is 0 Å². The Morgan fingerprint density at radius 3 is 1.60 bits per heavy atom. The van der Waals surface area contributed by atoms with Crippen LogP contribution in [-0.2, 0) is 10.8 Å². The van der Waals surface area contributed by atoms with Crippen LogP contribution in [0.3, 0.4) is 0 Å². The molecular formula is C46H44N4. The Labute approximate surface area is 295 Å². The van der Waals surface area contributed by atoms with Crippen molar-refractivity contribution in [1.82, 2.24) is 4.57 Å². The molecule has 0 radical (unpaired) electrons. The van der Waals surface area contributed by atoms with Gasteiger partial charge in [-0.2, -0.15) is 5.10 Å². The van der Waals surface area contributed by atoms with Gasteiger partial charge in [0.1, 0.15) is 6.67 Å². The fraction of sp³-hybridized carbons (Fsp3) is 0.196. The van der Waals surface area contributed by atoms with Crippen LogP contribution in [0.2, 0.25) is 0 Å². The lowest BCUT2D eigenvalue weighted by atomic mass is 9.80. The van der Waals surface area contributed by atoms with E-state index in [2.05, 4.69) is 202 Å². The molecule has 0 saturated heterocycles. The molecule has 7 aromatic rings. The molecule has 6 aromatic carbocycles. The quantitative estimate of drug-likeness (QED) is 0.185. The molecule has 0 N–H and O–H groups in total. The van der Waals surface area contributed by atoms with Gasteiger partial charge in [-0.25, -0.2) is 5.01 Å². The molecule has 0 spiro atoms. The summed E-state index contributed by atoms with van der Waals surface area (Å²) in [5, 5.41) is 10.3. The molecule has 2 heterocycles. The molecule has 4 nitrogen and oxygen atoms in total. The summed E-state index contributed by atoms with van der Waals surface area (Å²) in [5.74, 6) is 0.938. The monoisotopic (exact) mass is 652 g/mol. The zero-order valence-electron chi connectivity index (χ0n) is 29.9. The van der Waals surface area contributed by atoms with E-state index < -0.39 is 0 Å². The predicted octanol–water partition coefficient (Wildman–Crippen LogP) is 11.7. The van der Waals surface area contributed by atoms with Gasteiger partial charge >= 0.3 is 0 Å². The summed E-state index contributed by atoms with van der Waals surface area (Å²) in [6.07, 6.45) is 0. The first-order valence-electron chi connectivity index (χ1n) is 17.6. The number of amidine groups is 1. The van der Waals surface area contributed by atoms with E-state index in [1.54, 1.807) is 0 Å². The Hall–Kier alpha value is -5.61. The molecule has 1 aliphatic heterocycles. The molecule has 0 amide bonds. The average Bonchev–Trinajstić information content (AvgIpc) is 3.71. The van der Waals surface area contributed by atoms with Crippen molar-refractivity contribution in [3.05, 3.63) is 162 Å². The van der Waals surface area contributed by atoms with E-state index >= 15 is 0 Å². The fourth-order valence-electron chi connectivity index (χ4n) is 7.18. The molecule has 1 aromatic heterocycles. The molecule has 0 unspecified atom stereocenters. The average molecular weight is 653 g/mol. The molecule has 0 atom stereocenters. The highest BCUT2D eigenvalue weighted by atomic mass is 15.6. The zero-order valence-corrected chi connectivity index (χ0v) is 29.9. The van der Waals surface area contributed by atoms with Gasteiger partial charge in [-0.05, 0) is 57.9 Å². The van der Waals surface area contributed by atoms with Crippen LogP contribution in [-0.4, -0.2) is 17.1 Å². The van der Waals surface area contributed by atoms with Gasteiger partial charge in [0.25, 0.3) is 0 Å². The van der Waals surface area contributed by atoms with Gasteiger partial charge < -0.3 is 9.47 Å². The molecule has 1 aliphatic rings. The summed E-state index contributed by atoms with van der Waals surface area (Å²) in [6.45, 7) is 14.4. The summed E-state index contributed by atoms with van der Waals surface area (Å²) in [6, 6.07) is 52.6. The first-order valence-corrected chi connectivity index (χ1v) is 17.6. The zero-order chi connectivity index (χ0) is 34.6. The molecular weight excluding hydrogens is 609 g/mol. The van der Waals surface area contributed by atoms with Crippen molar-refractivity contribution in [2.45, 2.75) is 52.4 Å². The van der Waals surface area contributed by atoms with Crippen LogP contribution in [0.15, 0.2) is 151 Å². The summed E-state index contributed by atoms with van der Waals surface area (Å²) in [4.78, 5) is 2.40. The molecule has 50 heavy (non-hydrogen) atoms. The van der Waals surface area contributed by atoms with Gasteiger partial charge in [0, 0.05) is 27.6 Å². The van der Waals surface area contributed by atoms with Crippen molar-refractivity contribution in [2.75, 3.05) is 16.6 Å². The van der Waals surface area contributed by atoms with E-state index in [1.807, 2.05) is 0 Å². The topological polar surface area (TPSA) is 23.8 Å². The number of fused-ring (bicyclic) bond motifs is 3. The number of rotatable bonds is 5. The van der Waals surface area contributed by atoms with Gasteiger partial charge in [-0.15, -0.1) is 0 Å². The van der Waals surface area contributed by atoms with Crippen molar-refractivity contribution in [3.8, 4) is 16.8 Å². The smallest absolute Gasteiger partial charge is 0.162 e. The number of para-hydroxylation sites is 3. The third-order valence-electron chi connectivity index (χ3n) is 9.92. The Morgan fingerprint density at radius 1 is 0.520 bits per heavy atom. The van der Waals surface area contributed by atoms with Crippen LogP contribution in [0, 0.1) is 0 Å². The highest BCUT2D eigenvalue weighted by Gasteiger charge is 2.32. The summed E-state index contributed by atoms with van der Waals surface area (Å²) >= 11 is 0. The molecule has 248 valence electrons. The summed E-state index contributed by atoms with van der Waals surface area (Å²) < 4.78 is 2.42. The lowest BCUT2D eigenvalue weighted by Crippen LogP contribution is -2.32. The first-order chi connectivity index (χ1) is 24.1. The Kier molecular flexibility index (Phi) is 7.64. The second-order valence-electron chi connectivity index (χ2n) is 15.4. The van der Waals surface area contributed by atoms with E-state index in [0.717, 1.165) is 39.6 Å². The number of hydrogen-bond acceptors (Lipinski definition) is 3. The van der Waals surface area contributed by atoms with Gasteiger partial charge in [0.2, 0.25) is 0 Å². The third-order valence-corrected chi connectivity index (χ3v) is 9.92.